The molecule has 1 heterocycles. The molecular weight excluding hydrogens is 342 g/mol. The van der Waals surface area contributed by atoms with E-state index in [4.69, 9.17) is 20.5 Å². The van der Waals surface area contributed by atoms with E-state index >= 15 is 0 Å². The Labute approximate surface area is 157 Å². The number of hydrogen-bond acceptors (Lipinski definition) is 7. The number of methoxy groups -OCH3 is 2. The Hall–Kier alpha value is -3.63. The van der Waals surface area contributed by atoms with E-state index in [1.165, 1.54) is 7.11 Å². The molecule has 0 aliphatic heterocycles. The third-order valence-electron chi connectivity index (χ3n) is 4.06. The van der Waals surface area contributed by atoms with Crippen LogP contribution in [-0.2, 0) is 6.54 Å². The first-order valence-electron chi connectivity index (χ1n) is 8.23. The molecule has 0 radical (unpaired) electrons. The van der Waals surface area contributed by atoms with Gasteiger partial charge in [-0.2, -0.15) is 5.26 Å². The van der Waals surface area contributed by atoms with Gasteiger partial charge in [0.05, 0.1) is 25.5 Å². The number of hydrogen-bond donors (Lipinski definition) is 2. The third kappa shape index (κ3) is 3.97. The van der Waals surface area contributed by atoms with Crippen LogP contribution in [-0.4, -0.2) is 24.2 Å². The van der Waals surface area contributed by atoms with E-state index in [2.05, 4.69) is 21.4 Å². The van der Waals surface area contributed by atoms with E-state index < -0.39 is 0 Å². The minimum atomic E-state index is 0.440. The van der Waals surface area contributed by atoms with Crippen LogP contribution in [0.1, 0.15) is 11.1 Å². The Balaban J connectivity index is 1.83. The standard InChI is InChI=1S/C20H19N5O2/c1-26-18-8-14(4-5-15(18)10-22)16-11-23-20(24-12-16)25-17-6-3-13(9-21)7-19(17)27-2/h3-8,11-12H,9,21H2,1-2H3,(H,23,24,25). The highest BCUT2D eigenvalue weighted by Gasteiger charge is 2.09. The summed E-state index contributed by atoms with van der Waals surface area (Å²) in [6.07, 6.45) is 3.41. The van der Waals surface area contributed by atoms with E-state index in [9.17, 15) is 0 Å². The molecule has 7 nitrogen and oxygen atoms in total. The zero-order valence-electron chi connectivity index (χ0n) is 15.1. The molecule has 0 saturated carbocycles. The molecule has 2 aromatic carbocycles. The number of nitriles is 1. The summed E-state index contributed by atoms with van der Waals surface area (Å²) in [6, 6.07) is 13.1. The molecule has 0 spiro atoms. The fourth-order valence-electron chi connectivity index (χ4n) is 2.59. The highest BCUT2D eigenvalue weighted by atomic mass is 16.5. The number of rotatable bonds is 6. The molecule has 0 fully saturated rings. The van der Waals surface area contributed by atoms with Crippen molar-refractivity contribution in [3.63, 3.8) is 0 Å². The Kier molecular flexibility index (Phi) is 5.50. The van der Waals surface area contributed by atoms with Gasteiger partial charge in [0, 0.05) is 24.5 Å². The smallest absolute Gasteiger partial charge is 0.227 e. The van der Waals surface area contributed by atoms with Gasteiger partial charge in [-0.1, -0.05) is 12.1 Å². The minimum Gasteiger partial charge on any atom is -0.495 e. The summed E-state index contributed by atoms with van der Waals surface area (Å²) in [5.41, 5.74) is 9.54. The lowest BCUT2D eigenvalue weighted by molar-refractivity contribution is 0.413. The van der Waals surface area contributed by atoms with Crippen LogP contribution in [0.3, 0.4) is 0 Å². The molecule has 0 aliphatic rings. The summed E-state index contributed by atoms with van der Waals surface area (Å²) in [5.74, 6) is 1.63. The SMILES string of the molecule is COc1cc(-c2cnc(Nc3ccc(CN)cc3OC)nc2)ccc1C#N. The first-order valence-corrected chi connectivity index (χ1v) is 8.23. The Morgan fingerprint density at radius 2 is 1.74 bits per heavy atom. The number of nitrogens with zero attached hydrogens (tertiary/aromatic N) is 3. The second-order valence-corrected chi connectivity index (χ2v) is 5.69. The maximum Gasteiger partial charge on any atom is 0.227 e. The molecule has 136 valence electrons. The van der Waals surface area contributed by atoms with Crippen molar-refractivity contribution in [2.45, 2.75) is 6.54 Å². The summed E-state index contributed by atoms with van der Waals surface area (Å²) < 4.78 is 10.6. The average Bonchev–Trinajstić information content (AvgIpc) is 2.74. The van der Waals surface area contributed by atoms with Crippen LogP contribution in [0, 0.1) is 11.3 Å². The van der Waals surface area contributed by atoms with Gasteiger partial charge in [-0.05, 0) is 35.4 Å². The predicted molar refractivity (Wildman–Crippen MR) is 103 cm³/mol. The molecule has 0 saturated heterocycles. The second-order valence-electron chi connectivity index (χ2n) is 5.69. The maximum absolute atomic E-state index is 9.08. The maximum atomic E-state index is 9.08. The molecular formula is C20H19N5O2. The Bertz CT molecular complexity index is 981. The molecule has 1 aromatic heterocycles. The van der Waals surface area contributed by atoms with Crippen LogP contribution >= 0.6 is 0 Å². The molecule has 27 heavy (non-hydrogen) atoms. The van der Waals surface area contributed by atoms with Gasteiger partial charge >= 0.3 is 0 Å². The molecule has 3 rings (SSSR count). The van der Waals surface area contributed by atoms with E-state index in [0.29, 0.717) is 29.6 Å². The number of ether oxygens (including phenoxy) is 2. The fraction of sp³-hybridized carbons (Fsp3) is 0.150. The van der Waals surface area contributed by atoms with Gasteiger partial charge in [0.1, 0.15) is 17.6 Å². The van der Waals surface area contributed by atoms with Gasteiger partial charge in [-0.15, -0.1) is 0 Å². The number of anilines is 2. The van der Waals surface area contributed by atoms with Gasteiger partial charge in [0.15, 0.2) is 0 Å². The van der Waals surface area contributed by atoms with Crippen molar-refractivity contribution in [1.82, 2.24) is 9.97 Å². The van der Waals surface area contributed by atoms with Crippen molar-refractivity contribution in [3.05, 3.63) is 59.9 Å². The summed E-state index contributed by atoms with van der Waals surface area (Å²) >= 11 is 0. The van der Waals surface area contributed by atoms with Crippen molar-refractivity contribution in [1.29, 1.82) is 5.26 Å². The van der Waals surface area contributed by atoms with Crippen LogP contribution in [0.5, 0.6) is 11.5 Å². The highest BCUT2D eigenvalue weighted by molar-refractivity contribution is 5.68. The molecule has 3 aromatic rings. The van der Waals surface area contributed by atoms with E-state index in [1.54, 1.807) is 31.6 Å². The van der Waals surface area contributed by atoms with Gasteiger partial charge < -0.3 is 20.5 Å². The summed E-state index contributed by atoms with van der Waals surface area (Å²) in [5, 5.41) is 12.2. The first kappa shape index (κ1) is 18.2. The van der Waals surface area contributed by atoms with Crippen LogP contribution in [0.15, 0.2) is 48.8 Å². The summed E-state index contributed by atoms with van der Waals surface area (Å²) in [7, 11) is 3.13. The zero-order chi connectivity index (χ0) is 19.2. The van der Waals surface area contributed by atoms with E-state index in [-0.39, 0.29) is 0 Å². The van der Waals surface area contributed by atoms with Gasteiger partial charge in [0.2, 0.25) is 5.95 Å². The first-order chi connectivity index (χ1) is 13.2. The van der Waals surface area contributed by atoms with Crippen molar-refractivity contribution >= 4 is 11.6 Å². The molecule has 7 heteroatoms. The molecule has 0 aliphatic carbocycles. The van der Waals surface area contributed by atoms with Crippen molar-refractivity contribution in [2.75, 3.05) is 19.5 Å². The molecule has 3 N–H and O–H groups in total. The quantitative estimate of drug-likeness (QED) is 0.694. The second kappa shape index (κ2) is 8.17. The lowest BCUT2D eigenvalue weighted by Gasteiger charge is -2.12. The normalized spacial score (nSPS) is 10.1. The highest BCUT2D eigenvalue weighted by Crippen LogP contribution is 2.29. The van der Waals surface area contributed by atoms with Crippen LogP contribution in [0.2, 0.25) is 0 Å². The van der Waals surface area contributed by atoms with Gasteiger partial charge in [-0.3, -0.25) is 0 Å². The summed E-state index contributed by atoms with van der Waals surface area (Å²) in [6.45, 7) is 0.440. The van der Waals surface area contributed by atoms with Crippen molar-refractivity contribution in [2.24, 2.45) is 5.73 Å². The topological polar surface area (TPSA) is 106 Å². The molecule has 0 atom stereocenters. The zero-order valence-corrected chi connectivity index (χ0v) is 15.1. The van der Waals surface area contributed by atoms with Gasteiger partial charge in [-0.25, -0.2) is 9.97 Å². The van der Waals surface area contributed by atoms with E-state index in [1.807, 2.05) is 24.3 Å². The Morgan fingerprint density at radius 1 is 1.00 bits per heavy atom. The van der Waals surface area contributed by atoms with E-state index in [0.717, 1.165) is 22.4 Å². The largest absolute Gasteiger partial charge is 0.495 e. The van der Waals surface area contributed by atoms with Crippen molar-refractivity contribution < 1.29 is 9.47 Å². The average molecular weight is 361 g/mol. The van der Waals surface area contributed by atoms with Crippen LogP contribution < -0.4 is 20.5 Å². The predicted octanol–water partition coefficient (Wildman–Crippen LogP) is 3.23. The molecule has 0 unspecified atom stereocenters. The minimum absolute atomic E-state index is 0.440. The van der Waals surface area contributed by atoms with Crippen molar-refractivity contribution in [3.8, 4) is 28.7 Å². The number of benzene rings is 2. The van der Waals surface area contributed by atoms with Crippen LogP contribution in [0.4, 0.5) is 11.6 Å². The summed E-state index contributed by atoms with van der Waals surface area (Å²) in [4.78, 5) is 8.72. The number of nitrogens with one attached hydrogen (secondary N) is 1. The van der Waals surface area contributed by atoms with Gasteiger partial charge in [0.25, 0.3) is 0 Å². The number of aromatic nitrogens is 2. The fourth-order valence-corrected chi connectivity index (χ4v) is 2.59. The Morgan fingerprint density at radius 3 is 2.37 bits per heavy atom. The lowest BCUT2D eigenvalue weighted by Crippen LogP contribution is -2.01. The molecule has 0 bridgehead atoms. The van der Waals surface area contributed by atoms with Crippen LogP contribution in [0.25, 0.3) is 11.1 Å². The third-order valence-corrected chi connectivity index (χ3v) is 4.06. The lowest BCUT2D eigenvalue weighted by atomic mass is 10.1. The molecule has 0 amide bonds. The monoisotopic (exact) mass is 361 g/mol. The number of nitrogens with two attached hydrogens (primary N) is 1.